The molecule has 0 aromatic heterocycles. The zero-order valence-corrected chi connectivity index (χ0v) is 7.08. The van der Waals surface area contributed by atoms with Gasteiger partial charge in [0.25, 0.3) is 0 Å². The van der Waals surface area contributed by atoms with Gasteiger partial charge in [-0.15, -0.1) is 0 Å². The first-order valence-corrected chi connectivity index (χ1v) is 3.77. The maximum atomic E-state index is 9.19. The van der Waals surface area contributed by atoms with Gasteiger partial charge in [-0.1, -0.05) is 12.7 Å². The van der Waals surface area contributed by atoms with E-state index in [0.29, 0.717) is 12.4 Å². The highest BCUT2D eigenvalue weighted by atomic mass is 16.5. The Kier molecular flexibility index (Phi) is 2.75. The molecule has 2 nitrogen and oxygen atoms in total. The summed E-state index contributed by atoms with van der Waals surface area (Å²) in [6.45, 7) is 5.86. The van der Waals surface area contributed by atoms with E-state index in [2.05, 4.69) is 6.58 Å². The van der Waals surface area contributed by atoms with Crippen LogP contribution in [0.15, 0.2) is 30.9 Å². The third-order valence-electron chi connectivity index (χ3n) is 1.54. The molecule has 64 valence electrons. The van der Waals surface area contributed by atoms with E-state index in [1.54, 1.807) is 24.3 Å². The quantitative estimate of drug-likeness (QED) is 0.694. The van der Waals surface area contributed by atoms with Crippen LogP contribution in [0.25, 0.3) is 0 Å². The summed E-state index contributed by atoms with van der Waals surface area (Å²) >= 11 is 0. The number of hydrogen-bond donors (Lipinski definition) is 1. The Morgan fingerprint density at radius 2 is 2.33 bits per heavy atom. The molecule has 0 aliphatic rings. The van der Waals surface area contributed by atoms with Crippen molar-refractivity contribution in [3.63, 3.8) is 0 Å². The molecule has 0 aliphatic heterocycles. The van der Waals surface area contributed by atoms with E-state index in [0.717, 1.165) is 11.3 Å². The molecule has 0 amide bonds. The lowest BCUT2D eigenvalue weighted by Gasteiger charge is -2.04. The number of hydrogen-bond acceptors (Lipinski definition) is 2. The normalized spacial score (nSPS) is 9.42. The van der Waals surface area contributed by atoms with Gasteiger partial charge in [-0.2, -0.15) is 0 Å². The second kappa shape index (κ2) is 3.81. The SMILES string of the molecule is C=CCOc1ccc(O)c(C)c1. The smallest absolute Gasteiger partial charge is 0.120 e. The number of aryl methyl sites for hydroxylation is 1. The molecule has 0 saturated heterocycles. The second-order valence-corrected chi connectivity index (χ2v) is 2.55. The fourth-order valence-electron chi connectivity index (χ4n) is 0.873. The molecule has 0 fully saturated rings. The van der Waals surface area contributed by atoms with Crippen LogP contribution in [0.2, 0.25) is 0 Å². The fourth-order valence-corrected chi connectivity index (χ4v) is 0.873. The average molecular weight is 164 g/mol. The van der Waals surface area contributed by atoms with Gasteiger partial charge in [-0.25, -0.2) is 0 Å². The first-order valence-electron chi connectivity index (χ1n) is 3.77. The van der Waals surface area contributed by atoms with Crippen molar-refractivity contribution in [3.05, 3.63) is 36.4 Å². The summed E-state index contributed by atoms with van der Waals surface area (Å²) in [6, 6.07) is 5.14. The topological polar surface area (TPSA) is 29.5 Å². The van der Waals surface area contributed by atoms with Crippen LogP contribution in [0.3, 0.4) is 0 Å². The van der Waals surface area contributed by atoms with E-state index in [4.69, 9.17) is 4.74 Å². The molecule has 0 aliphatic carbocycles. The highest BCUT2D eigenvalue weighted by Gasteiger charge is 1.97. The van der Waals surface area contributed by atoms with Gasteiger partial charge in [-0.05, 0) is 30.7 Å². The second-order valence-electron chi connectivity index (χ2n) is 2.55. The van der Waals surface area contributed by atoms with Crippen LogP contribution >= 0.6 is 0 Å². The Hall–Kier alpha value is -1.44. The van der Waals surface area contributed by atoms with Crippen molar-refractivity contribution >= 4 is 0 Å². The van der Waals surface area contributed by atoms with Crippen LogP contribution < -0.4 is 4.74 Å². The summed E-state index contributed by atoms with van der Waals surface area (Å²) in [6.07, 6.45) is 1.68. The molecule has 0 atom stereocenters. The van der Waals surface area contributed by atoms with Gasteiger partial charge >= 0.3 is 0 Å². The number of benzene rings is 1. The number of rotatable bonds is 3. The van der Waals surface area contributed by atoms with Crippen LogP contribution in [0.4, 0.5) is 0 Å². The summed E-state index contributed by atoms with van der Waals surface area (Å²) in [5.41, 5.74) is 0.816. The number of ether oxygens (including phenoxy) is 1. The van der Waals surface area contributed by atoms with E-state index in [-0.39, 0.29) is 0 Å². The Morgan fingerprint density at radius 3 is 2.92 bits per heavy atom. The molecule has 0 unspecified atom stereocenters. The molecule has 1 aromatic rings. The van der Waals surface area contributed by atoms with Crippen molar-refractivity contribution < 1.29 is 9.84 Å². The lowest BCUT2D eigenvalue weighted by Crippen LogP contribution is -1.92. The number of phenols is 1. The molecule has 12 heavy (non-hydrogen) atoms. The molecule has 0 heterocycles. The van der Waals surface area contributed by atoms with Crippen molar-refractivity contribution in [2.24, 2.45) is 0 Å². The maximum absolute atomic E-state index is 9.19. The molecule has 2 heteroatoms. The molecular formula is C10H12O2. The lowest BCUT2D eigenvalue weighted by molar-refractivity contribution is 0.361. The first kappa shape index (κ1) is 8.65. The average Bonchev–Trinajstić information content (AvgIpc) is 2.07. The number of aromatic hydroxyl groups is 1. The zero-order chi connectivity index (χ0) is 8.97. The Balaban J connectivity index is 2.75. The van der Waals surface area contributed by atoms with Crippen LogP contribution in [-0.4, -0.2) is 11.7 Å². The molecule has 0 saturated carbocycles. The van der Waals surface area contributed by atoms with Crippen molar-refractivity contribution in [1.29, 1.82) is 0 Å². The van der Waals surface area contributed by atoms with Crippen LogP contribution in [0.5, 0.6) is 11.5 Å². The Bertz CT molecular complexity index is 279. The largest absolute Gasteiger partial charge is 0.508 e. The minimum absolute atomic E-state index is 0.293. The van der Waals surface area contributed by atoms with Crippen LogP contribution in [-0.2, 0) is 0 Å². The highest BCUT2D eigenvalue weighted by molar-refractivity contribution is 5.38. The predicted octanol–water partition coefficient (Wildman–Crippen LogP) is 2.27. The van der Waals surface area contributed by atoms with E-state index in [1.165, 1.54) is 0 Å². The number of phenolic OH excluding ortho intramolecular Hbond substituents is 1. The molecule has 0 spiro atoms. The molecule has 1 N–H and O–H groups in total. The standard InChI is InChI=1S/C10H12O2/c1-3-6-12-9-4-5-10(11)8(2)7-9/h3-5,7,11H,1,6H2,2H3. The maximum Gasteiger partial charge on any atom is 0.120 e. The molecule has 0 bridgehead atoms. The van der Waals surface area contributed by atoms with Crippen molar-refractivity contribution in [2.45, 2.75) is 6.92 Å². The third-order valence-corrected chi connectivity index (χ3v) is 1.54. The van der Waals surface area contributed by atoms with Crippen LogP contribution in [0.1, 0.15) is 5.56 Å². The lowest BCUT2D eigenvalue weighted by atomic mass is 10.2. The highest BCUT2D eigenvalue weighted by Crippen LogP contribution is 2.21. The Morgan fingerprint density at radius 1 is 1.58 bits per heavy atom. The fraction of sp³-hybridized carbons (Fsp3) is 0.200. The summed E-state index contributed by atoms with van der Waals surface area (Å²) in [7, 11) is 0. The summed E-state index contributed by atoms with van der Waals surface area (Å²) in [4.78, 5) is 0. The first-order chi connectivity index (χ1) is 5.74. The van der Waals surface area contributed by atoms with Gasteiger partial charge in [0.1, 0.15) is 18.1 Å². The van der Waals surface area contributed by atoms with Gasteiger partial charge < -0.3 is 9.84 Å². The van der Waals surface area contributed by atoms with Crippen molar-refractivity contribution in [1.82, 2.24) is 0 Å². The van der Waals surface area contributed by atoms with Crippen molar-refractivity contribution in [2.75, 3.05) is 6.61 Å². The summed E-state index contributed by atoms with van der Waals surface area (Å²) < 4.78 is 5.26. The van der Waals surface area contributed by atoms with Gasteiger partial charge in [0, 0.05) is 0 Å². The van der Waals surface area contributed by atoms with Gasteiger partial charge in [0.2, 0.25) is 0 Å². The molecule has 0 radical (unpaired) electrons. The minimum Gasteiger partial charge on any atom is -0.508 e. The monoisotopic (exact) mass is 164 g/mol. The van der Waals surface area contributed by atoms with Gasteiger partial charge in [0.05, 0.1) is 0 Å². The molecule has 1 rings (SSSR count). The zero-order valence-electron chi connectivity index (χ0n) is 7.08. The van der Waals surface area contributed by atoms with E-state index in [9.17, 15) is 5.11 Å². The summed E-state index contributed by atoms with van der Waals surface area (Å²) in [5.74, 6) is 1.05. The van der Waals surface area contributed by atoms with E-state index >= 15 is 0 Å². The van der Waals surface area contributed by atoms with E-state index < -0.39 is 0 Å². The van der Waals surface area contributed by atoms with Gasteiger partial charge in [0.15, 0.2) is 0 Å². The van der Waals surface area contributed by atoms with Gasteiger partial charge in [-0.3, -0.25) is 0 Å². The third kappa shape index (κ3) is 2.02. The van der Waals surface area contributed by atoms with Crippen LogP contribution in [0, 0.1) is 6.92 Å². The molecule has 1 aromatic carbocycles. The minimum atomic E-state index is 0.293. The Labute approximate surface area is 72.1 Å². The summed E-state index contributed by atoms with van der Waals surface area (Å²) in [5, 5.41) is 9.19. The predicted molar refractivity (Wildman–Crippen MR) is 48.5 cm³/mol. The molecular weight excluding hydrogens is 152 g/mol. The van der Waals surface area contributed by atoms with E-state index in [1.807, 2.05) is 6.92 Å². The van der Waals surface area contributed by atoms with Crippen molar-refractivity contribution in [3.8, 4) is 11.5 Å².